The number of amides is 1. The number of rotatable bonds is 5. The number of nitrogens with zero attached hydrogens (tertiary/aromatic N) is 2. The Bertz CT molecular complexity index is 831. The van der Waals surface area contributed by atoms with Crippen molar-refractivity contribution in [3.8, 4) is 17.1 Å². The summed E-state index contributed by atoms with van der Waals surface area (Å²) in [4.78, 5) is 15.2. The summed E-state index contributed by atoms with van der Waals surface area (Å²) < 4.78 is 10.7. The van der Waals surface area contributed by atoms with Gasteiger partial charge in [0.15, 0.2) is 6.61 Å². The smallest absolute Gasteiger partial charge is 0.264 e. The molecule has 1 amide bonds. The van der Waals surface area contributed by atoms with Crippen LogP contribution < -0.4 is 10.5 Å². The number of aromatic nitrogens is 2. The first kappa shape index (κ1) is 15.1. The molecule has 6 nitrogen and oxygen atoms in total. The summed E-state index contributed by atoms with van der Waals surface area (Å²) >= 11 is 6.09. The van der Waals surface area contributed by atoms with Gasteiger partial charge >= 0.3 is 0 Å². The van der Waals surface area contributed by atoms with E-state index in [1.165, 1.54) is 0 Å². The first-order chi connectivity index (χ1) is 11.1. The van der Waals surface area contributed by atoms with Crippen molar-refractivity contribution in [3.05, 3.63) is 65.0 Å². The lowest BCUT2D eigenvalue weighted by Gasteiger charge is -2.03. The Labute approximate surface area is 136 Å². The van der Waals surface area contributed by atoms with E-state index < -0.39 is 5.91 Å². The van der Waals surface area contributed by atoms with Crippen molar-refractivity contribution in [1.82, 2.24) is 10.1 Å². The van der Waals surface area contributed by atoms with E-state index in [0.717, 1.165) is 0 Å². The molecule has 0 saturated heterocycles. The fourth-order valence-electron chi connectivity index (χ4n) is 1.93. The molecule has 7 heteroatoms. The second-order valence-electron chi connectivity index (χ2n) is 4.67. The molecular formula is C16H12ClN3O3. The van der Waals surface area contributed by atoms with Crippen molar-refractivity contribution in [3.63, 3.8) is 0 Å². The molecule has 0 atom stereocenters. The molecule has 0 aliphatic rings. The van der Waals surface area contributed by atoms with Gasteiger partial charge in [-0.25, -0.2) is 0 Å². The third-order valence-corrected chi connectivity index (χ3v) is 3.41. The van der Waals surface area contributed by atoms with Gasteiger partial charge in [-0.3, -0.25) is 4.79 Å². The van der Waals surface area contributed by atoms with E-state index in [1.54, 1.807) is 36.4 Å². The van der Waals surface area contributed by atoms with Crippen LogP contribution in [-0.4, -0.2) is 16.0 Å². The summed E-state index contributed by atoms with van der Waals surface area (Å²) in [5, 5.41) is 4.43. The van der Waals surface area contributed by atoms with E-state index in [-0.39, 0.29) is 6.61 Å². The minimum Gasteiger partial charge on any atom is -0.484 e. The van der Waals surface area contributed by atoms with Crippen LogP contribution in [0.3, 0.4) is 0 Å². The topological polar surface area (TPSA) is 91.2 Å². The van der Waals surface area contributed by atoms with Gasteiger partial charge in [-0.05, 0) is 36.4 Å². The fraction of sp³-hybridized carbons (Fsp3) is 0.0625. The number of nitrogens with two attached hydrogens (primary N) is 1. The largest absolute Gasteiger partial charge is 0.484 e. The van der Waals surface area contributed by atoms with Crippen LogP contribution >= 0.6 is 11.6 Å². The van der Waals surface area contributed by atoms with Gasteiger partial charge in [0.05, 0.1) is 5.02 Å². The number of benzene rings is 2. The van der Waals surface area contributed by atoms with Crippen molar-refractivity contribution in [1.29, 1.82) is 0 Å². The zero-order valence-corrected chi connectivity index (χ0v) is 12.7. The van der Waals surface area contributed by atoms with Gasteiger partial charge in [-0.1, -0.05) is 28.9 Å². The summed E-state index contributed by atoms with van der Waals surface area (Å²) in [5.74, 6) is 0.794. The molecule has 0 saturated carbocycles. The molecule has 116 valence electrons. The van der Waals surface area contributed by atoms with Crippen LogP contribution in [0, 0.1) is 0 Å². The molecule has 0 radical (unpaired) electrons. The van der Waals surface area contributed by atoms with Crippen molar-refractivity contribution in [2.24, 2.45) is 5.73 Å². The molecule has 3 rings (SSSR count). The van der Waals surface area contributed by atoms with E-state index in [1.807, 2.05) is 12.1 Å². The lowest BCUT2D eigenvalue weighted by atomic mass is 10.2. The van der Waals surface area contributed by atoms with Gasteiger partial charge in [0.25, 0.3) is 5.89 Å². The van der Waals surface area contributed by atoms with Gasteiger partial charge in [0.2, 0.25) is 11.7 Å². The highest BCUT2D eigenvalue weighted by molar-refractivity contribution is 6.33. The number of carbonyl (C=O) groups excluding carboxylic acids is 1. The molecule has 0 aliphatic heterocycles. The first-order valence-electron chi connectivity index (χ1n) is 6.73. The molecule has 1 heterocycles. The monoisotopic (exact) mass is 329 g/mol. The van der Waals surface area contributed by atoms with Gasteiger partial charge < -0.3 is 15.0 Å². The number of hydrogen-bond acceptors (Lipinski definition) is 5. The van der Waals surface area contributed by atoms with Crippen LogP contribution in [0.5, 0.6) is 5.75 Å². The Hall–Kier alpha value is -2.86. The molecule has 3 aromatic rings. The molecular weight excluding hydrogens is 318 g/mol. The van der Waals surface area contributed by atoms with Crippen LogP contribution in [-0.2, 0) is 6.61 Å². The molecule has 0 spiro atoms. The molecule has 0 aliphatic carbocycles. The standard InChI is InChI=1S/C16H12ClN3O3/c17-13-4-2-1-3-12(13)16-19-14(23-20-16)9-22-11-7-5-10(6-8-11)15(18)21/h1-8H,9H2,(H2,18,21). The summed E-state index contributed by atoms with van der Waals surface area (Å²) in [6.45, 7) is 0.105. The van der Waals surface area contributed by atoms with Crippen LogP contribution in [0.4, 0.5) is 0 Å². The van der Waals surface area contributed by atoms with Crippen LogP contribution in [0.25, 0.3) is 11.4 Å². The molecule has 2 aromatic carbocycles. The molecule has 1 aromatic heterocycles. The average Bonchev–Trinajstić information content (AvgIpc) is 3.02. The maximum atomic E-state index is 11.0. The Morgan fingerprint density at radius 2 is 1.91 bits per heavy atom. The Balaban J connectivity index is 1.68. The van der Waals surface area contributed by atoms with E-state index >= 15 is 0 Å². The number of carbonyl (C=O) groups is 1. The average molecular weight is 330 g/mol. The Kier molecular flexibility index (Phi) is 4.25. The predicted octanol–water partition coefficient (Wildman–Crippen LogP) is 3.07. The third-order valence-electron chi connectivity index (χ3n) is 3.08. The Morgan fingerprint density at radius 3 is 2.61 bits per heavy atom. The van der Waals surface area contributed by atoms with E-state index in [9.17, 15) is 4.79 Å². The lowest BCUT2D eigenvalue weighted by Crippen LogP contribution is -2.10. The highest BCUT2D eigenvalue weighted by Gasteiger charge is 2.11. The van der Waals surface area contributed by atoms with Gasteiger partial charge in [0.1, 0.15) is 5.75 Å². The molecule has 0 bridgehead atoms. The molecule has 0 fully saturated rings. The second kappa shape index (κ2) is 6.50. The molecule has 0 unspecified atom stereocenters. The zero-order valence-electron chi connectivity index (χ0n) is 11.9. The minimum atomic E-state index is -0.488. The van der Waals surface area contributed by atoms with Gasteiger partial charge in [-0.2, -0.15) is 4.98 Å². The summed E-state index contributed by atoms with van der Waals surface area (Å²) in [6, 6.07) is 13.7. The van der Waals surface area contributed by atoms with Crippen molar-refractivity contribution < 1.29 is 14.1 Å². The molecule has 2 N–H and O–H groups in total. The fourth-order valence-corrected chi connectivity index (χ4v) is 2.15. The minimum absolute atomic E-state index is 0.105. The second-order valence-corrected chi connectivity index (χ2v) is 5.08. The Morgan fingerprint density at radius 1 is 1.17 bits per heavy atom. The predicted molar refractivity (Wildman–Crippen MR) is 84.0 cm³/mol. The van der Waals surface area contributed by atoms with Crippen molar-refractivity contribution >= 4 is 17.5 Å². The van der Waals surface area contributed by atoms with E-state index in [4.69, 9.17) is 26.6 Å². The van der Waals surface area contributed by atoms with Gasteiger partial charge in [-0.15, -0.1) is 0 Å². The third kappa shape index (κ3) is 3.49. The highest BCUT2D eigenvalue weighted by Crippen LogP contribution is 2.25. The van der Waals surface area contributed by atoms with Crippen molar-refractivity contribution in [2.45, 2.75) is 6.61 Å². The molecule has 23 heavy (non-hydrogen) atoms. The zero-order chi connectivity index (χ0) is 16.2. The van der Waals surface area contributed by atoms with Crippen molar-refractivity contribution in [2.75, 3.05) is 0 Å². The maximum absolute atomic E-state index is 11.0. The first-order valence-corrected chi connectivity index (χ1v) is 7.11. The van der Waals surface area contributed by atoms with Crippen LogP contribution in [0.2, 0.25) is 5.02 Å². The van der Waals surface area contributed by atoms with Gasteiger partial charge in [0, 0.05) is 11.1 Å². The SMILES string of the molecule is NC(=O)c1ccc(OCc2nc(-c3ccccc3Cl)no2)cc1. The van der Waals surface area contributed by atoms with E-state index in [2.05, 4.69) is 10.1 Å². The lowest BCUT2D eigenvalue weighted by molar-refractivity contribution is 0.1000. The summed E-state index contributed by atoms with van der Waals surface area (Å²) in [6.07, 6.45) is 0. The van der Waals surface area contributed by atoms with E-state index in [0.29, 0.717) is 33.6 Å². The highest BCUT2D eigenvalue weighted by atomic mass is 35.5. The normalized spacial score (nSPS) is 10.5. The number of hydrogen-bond donors (Lipinski definition) is 1. The summed E-state index contributed by atoms with van der Waals surface area (Å²) in [7, 11) is 0. The van der Waals surface area contributed by atoms with Crippen LogP contribution in [0.15, 0.2) is 53.1 Å². The number of halogens is 1. The number of primary amides is 1. The summed E-state index contributed by atoms with van der Waals surface area (Å²) in [5.41, 5.74) is 6.28. The number of ether oxygens (including phenoxy) is 1. The quantitative estimate of drug-likeness (QED) is 0.776. The maximum Gasteiger partial charge on any atom is 0.264 e. The van der Waals surface area contributed by atoms with Crippen LogP contribution in [0.1, 0.15) is 16.2 Å².